The van der Waals surface area contributed by atoms with Crippen molar-refractivity contribution in [3.63, 3.8) is 0 Å². The van der Waals surface area contributed by atoms with Gasteiger partial charge < -0.3 is 4.98 Å². The highest BCUT2D eigenvalue weighted by molar-refractivity contribution is 7.98. The molecule has 4 rings (SSSR count). The Hall–Kier alpha value is -2.19. The Morgan fingerprint density at radius 2 is 2.17 bits per heavy atom. The van der Waals surface area contributed by atoms with Crippen molar-refractivity contribution in [1.82, 2.24) is 24.6 Å². The van der Waals surface area contributed by atoms with E-state index < -0.39 is 0 Å². The maximum Gasteiger partial charge on any atom is 0.259 e. The number of aromatic nitrogens is 5. The number of hydrogen-bond donors (Lipinski definition) is 1. The number of nitrogens with one attached hydrogen (secondary N) is 1. The van der Waals surface area contributed by atoms with E-state index in [1.165, 1.54) is 11.8 Å². The van der Waals surface area contributed by atoms with Crippen LogP contribution in [0.25, 0.3) is 15.9 Å². The van der Waals surface area contributed by atoms with Crippen molar-refractivity contribution in [2.45, 2.75) is 24.8 Å². The zero-order chi connectivity index (χ0) is 16.0. The summed E-state index contributed by atoms with van der Waals surface area (Å²) in [4.78, 5) is 21.7. The first-order valence-electron chi connectivity index (χ1n) is 7.05. The third-order valence-corrected chi connectivity index (χ3v) is 5.76. The monoisotopic (exact) mass is 343 g/mol. The lowest BCUT2D eigenvalue weighted by atomic mass is 10.2. The average Bonchev–Trinajstić information content (AvgIpc) is 3.07. The van der Waals surface area contributed by atoms with Gasteiger partial charge in [0.15, 0.2) is 10.8 Å². The van der Waals surface area contributed by atoms with Crippen LogP contribution in [0.15, 0.2) is 34.3 Å². The van der Waals surface area contributed by atoms with Crippen molar-refractivity contribution in [2.24, 2.45) is 0 Å². The summed E-state index contributed by atoms with van der Waals surface area (Å²) in [6, 6.07) is 5.76. The van der Waals surface area contributed by atoms with Crippen LogP contribution in [0.3, 0.4) is 0 Å². The van der Waals surface area contributed by atoms with Crippen molar-refractivity contribution in [1.29, 1.82) is 0 Å². The van der Waals surface area contributed by atoms with E-state index in [2.05, 4.69) is 20.2 Å². The van der Waals surface area contributed by atoms with Crippen molar-refractivity contribution in [3.05, 3.63) is 51.0 Å². The van der Waals surface area contributed by atoms with Crippen LogP contribution in [0.1, 0.15) is 16.3 Å². The van der Waals surface area contributed by atoms with Gasteiger partial charge in [0.1, 0.15) is 10.7 Å². The maximum atomic E-state index is 12.3. The van der Waals surface area contributed by atoms with Gasteiger partial charge in [-0.05, 0) is 31.5 Å². The molecule has 0 aliphatic carbocycles. The molecule has 6 nitrogen and oxygen atoms in total. The summed E-state index contributed by atoms with van der Waals surface area (Å²) in [6.07, 6.45) is 1.92. The molecule has 0 bridgehead atoms. The Morgan fingerprint density at radius 3 is 3.04 bits per heavy atom. The Bertz CT molecular complexity index is 1080. The number of thioether (sulfide) groups is 1. The highest BCUT2D eigenvalue weighted by Crippen LogP contribution is 2.27. The first-order valence-corrected chi connectivity index (χ1v) is 8.85. The van der Waals surface area contributed by atoms with Gasteiger partial charge in [-0.2, -0.15) is 0 Å². The molecular weight excluding hydrogens is 330 g/mol. The lowest BCUT2D eigenvalue weighted by molar-refractivity contribution is 0.917. The molecule has 0 saturated heterocycles. The summed E-state index contributed by atoms with van der Waals surface area (Å²) >= 11 is 3.06. The molecule has 4 aromatic rings. The number of fused-ring (bicyclic) bond motifs is 2. The van der Waals surface area contributed by atoms with Crippen LogP contribution in [-0.4, -0.2) is 24.6 Å². The molecule has 4 heterocycles. The van der Waals surface area contributed by atoms with E-state index in [1.807, 2.05) is 42.6 Å². The Kier molecular flexibility index (Phi) is 3.42. The SMILES string of the molecule is Cc1sc2nc(CSc3nnc4ccccn34)[nH]c(=O)c2c1C. The molecule has 0 aromatic carbocycles. The number of H-pyrrole nitrogens is 1. The molecule has 23 heavy (non-hydrogen) atoms. The zero-order valence-electron chi connectivity index (χ0n) is 12.5. The van der Waals surface area contributed by atoms with Crippen LogP contribution in [0.4, 0.5) is 0 Å². The lowest BCUT2D eigenvalue weighted by Crippen LogP contribution is -2.10. The van der Waals surface area contributed by atoms with Gasteiger partial charge in [0.05, 0.1) is 11.1 Å². The highest BCUT2D eigenvalue weighted by Gasteiger charge is 2.13. The van der Waals surface area contributed by atoms with Crippen molar-refractivity contribution < 1.29 is 0 Å². The molecule has 116 valence electrons. The molecule has 0 atom stereocenters. The van der Waals surface area contributed by atoms with Crippen LogP contribution < -0.4 is 5.56 Å². The largest absolute Gasteiger partial charge is 0.309 e. The summed E-state index contributed by atoms with van der Waals surface area (Å²) < 4.78 is 1.92. The topological polar surface area (TPSA) is 75.9 Å². The molecule has 0 aliphatic rings. The standard InChI is InChI=1S/C15H13N5OS2/c1-8-9(2)23-14-12(8)13(21)16-10(17-14)7-22-15-19-18-11-5-3-4-6-20(11)15/h3-6H,7H2,1-2H3,(H,16,17,21). The van der Waals surface area contributed by atoms with E-state index >= 15 is 0 Å². The number of rotatable bonds is 3. The Labute approximate surface area is 139 Å². The summed E-state index contributed by atoms with van der Waals surface area (Å²) in [5.74, 6) is 1.19. The molecule has 0 unspecified atom stereocenters. The average molecular weight is 343 g/mol. The third-order valence-electron chi connectivity index (χ3n) is 3.71. The van der Waals surface area contributed by atoms with Crippen molar-refractivity contribution in [3.8, 4) is 0 Å². The quantitative estimate of drug-likeness (QED) is 0.579. The summed E-state index contributed by atoms with van der Waals surface area (Å²) in [7, 11) is 0. The fraction of sp³-hybridized carbons (Fsp3) is 0.200. The van der Waals surface area contributed by atoms with Gasteiger partial charge in [0, 0.05) is 11.1 Å². The van der Waals surface area contributed by atoms with E-state index in [-0.39, 0.29) is 5.56 Å². The predicted octanol–water partition coefficient (Wildman–Crippen LogP) is 2.94. The number of pyridine rings is 1. The maximum absolute atomic E-state index is 12.3. The van der Waals surface area contributed by atoms with Crippen molar-refractivity contribution in [2.75, 3.05) is 0 Å². The number of hydrogen-bond acceptors (Lipinski definition) is 6. The van der Waals surface area contributed by atoms with E-state index in [9.17, 15) is 4.79 Å². The van der Waals surface area contributed by atoms with Gasteiger partial charge in [-0.1, -0.05) is 17.8 Å². The Morgan fingerprint density at radius 1 is 1.30 bits per heavy atom. The smallest absolute Gasteiger partial charge is 0.259 e. The van der Waals surface area contributed by atoms with Gasteiger partial charge in [-0.15, -0.1) is 21.5 Å². The first kappa shape index (κ1) is 14.4. The van der Waals surface area contributed by atoms with Gasteiger partial charge >= 0.3 is 0 Å². The second-order valence-corrected chi connectivity index (χ2v) is 7.32. The molecule has 8 heteroatoms. The minimum atomic E-state index is -0.0708. The van der Waals surface area contributed by atoms with E-state index in [4.69, 9.17) is 0 Å². The van der Waals surface area contributed by atoms with E-state index in [0.717, 1.165) is 26.1 Å². The number of nitrogens with zero attached hydrogens (tertiary/aromatic N) is 4. The fourth-order valence-corrected chi connectivity index (χ4v) is 4.26. The van der Waals surface area contributed by atoms with Crippen LogP contribution in [0, 0.1) is 13.8 Å². The minimum Gasteiger partial charge on any atom is -0.309 e. The van der Waals surface area contributed by atoms with E-state index in [0.29, 0.717) is 17.0 Å². The second kappa shape index (κ2) is 5.47. The summed E-state index contributed by atoms with van der Waals surface area (Å²) in [6.45, 7) is 3.97. The Balaban J connectivity index is 1.67. The first-order chi connectivity index (χ1) is 11.1. The third kappa shape index (κ3) is 2.43. The molecular formula is C15H13N5OS2. The summed E-state index contributed by atoms with van der Waals surface area (Å²) in [5, 5.41) is 9.77. The predicted molar refractivity (Wildman–Crippen MR) is 92.3 cm³/mol. The number of aryl methyl sites for hydroxylation is 2. The molecule has 0 radical (unpaired) electrons. The minimum absolute atomic E-state index is 0.0708. The van der Waals surface area contributed by atoms with Gasteiger partial charge in [0.25, 0.3) is 5.56 Å². The zero-order valence-corrected chi connectivity index (χ0v) is 14.2. The van der Waals surface area contributed by atoms with Gasteiger partial charge in [-0.3, -0.25) is 9.20 Å². The highest BCUT2D eigenvalue weighted by atomic mass is 32.2. The number of thiophene rings is 1. The van der Waals surface area contributed by atoms with Crippen LogP contribution >= 0.6 is 23.1 Å². The normalized spacial score (nSPS) is 11.6. The van der Waals surface area contributed by atoms with E-state index in [1.54, 1.807) is 11.3 Å². The van der Waals surface area contributed by atoms with Crippen molar-refractivity contribution >= 4 is 39.0 Å². The van der Waals surface area contributed by atoms with Gasteiger partial charge in [-0.25, -0.2) is 4.98 Å². The van der Waals surface area contributed by atoms with Crippen LogP contribution in [0.2, 0.25) is 0 Å². The molecule has 1 N–H and O–H groups in total. The molecule has 0 fully saturated rings. The lowest BCUT2D eigenvalue weighted by Gasteiger charge is -2.01. The molecule has 0 aliphatic heterocycles. The van der Waals surface area contributed by atoms with Gasteiger partial charge in [0.2, 0.25) is 0 Å². The molecule has 0 amide bonds. The van der Waals surface area contributed by atoms with Crippen LogP contribution in [-0.2, 0) is 5.75 Å². The number of aromatic amines is 1. The molecule has 0 saturated carbocycles. The second-order valence-electron chi connectivity index (χ2n) is 5.18. The molecule has 0 spiro atoms. The van der Waals surface area contributed by atoms with Crippen LogP contribution in [0.5, 0.6) is 0 Å². The molecule has 4 aromatic heterocycles. The fourth-order valence-electron chi connectivity index (χ4n) is 2.42. The summed E-state index contributed by atoms with van der Waals surface area (Å²) in [5.41, 5.74) is 1.75.